The second kappa shape index (κ2) is 8.40. The van der Waals surface area contributed by atoms with Crippen LogP contribution in [-0.2, 0) is 14.4 Å². The van der Waals surface area contributed by atoms with E-state index in [0.717, 1.165) is 38.8 Å². The summed E-state index contributed by atoms with van der Waals surface area (Å²) in [6.45, 7) is 2.30. The van der Waals surface area contributed by atoms with Crippen LogP contribution in [0.1, 0.15) is 44.9 Å². The summed E-state index contributed by atoms with van der Waals surface area (Å²) in [5, 5.41) is 5.66. The molecule has 7 nitrogen and oxygen atoms in total. The minimum atomic E-state index is -0.524. The number of hydrogen-bond acceptors (Lipinski definition) is 5. The molecular formula is C16H28N4O3. The van der Waals surface area contributed by atoms with Crippen molar-refractivity contribution in [2.45, 2.75) is 56.5 Å². The third kappa shape index (κ3) is 4.75. The Morgan fingerprint density at radius 3 is 2.65 bits per heavy atom. The normalized spacial score (nSPS) is 24.1. The van der Waals surface area contributed by atoms with Crippen molar-refractivity contribution in [1.82, 2.24) is 15.5 Å². The van der Waals surface area contributed by atoms with Gasteiger partial charge in [0, 0.05) is 31.2 Å². The Hall–Kier alpha value is -1.47. The molecule has 2 rings (SSSR count). The van der Waals surface area contributed by atoms with Crippen LogP contribution in [0.5, 0.6) is 0 Å². The molecule has 1 saturated carbocycles. The first-order valence-corrected chi connectivity index (χ1v) is 8.57. The minimum absolute atomic E-state index is 0.0188. The zero-order chi connectivity index (χ0) is 16.7. The van der Waals surface area contributed by atoms with E-state index < -0.39 is 5.91 Å². The summed E-state index contributed by atoms with van der Waals surface area (Å²) >= 11 is 0. The van der Waals surface area contributed by atoms with Gasteiger partial charge in [-0.2, -0.15) is 0 Å². The molecule has 130 valence electrons. The van der Waals surface area contributed by atoms with Crippen LogP contribution in [0.3, 0.4) is 0 Å². The van der Waals surface area contributed by atoms with Crippen LogP contribution < -0.4 is 16.4 Å². The van der Waals surface area contributed by atoms with Crippen molar-refractivity contribution in [1.29, 1.82) is 0 Å². The van der Waals surface area contributed by atoms with E-state index in [1.54, 1.807) is 0 Å². The Labute approximate surface area is 137 Å². The van der Waals surface area contributed by atoms with Gasteiger partial charge in [0.05, 0.1) is 6.54 Å². The fraction of sp³-hybridized carbons (Fsp3) is 0.812. The van der Waals surface area contributed by atoms with E-state index in [1.165, 1.54) is 19.3 Å². The van der Waals surface area contributed by atoms with E-state index in [2.05, 4.69) is 15.5 Å². The average molecular weight is 324 g/mol. The average Bonchev–Trinajstić information content (AvgIpc) is 2.57. The van der Waals surface area contributed by atoms with Gasteiger partial charge in [-0.25, -0.2) is 0 Å². The molecule has 0 aromatic heterocycles. The molecule has 1 unspecified atom stereocenters. The van der Waals surface area contributed by atoms with Gasteiger partial charge in [0.2, 0.25) is 12.2 Å². The molecule has 0 aromatic carbocycles. The van der Waals surface area contributed by atoms with Crippen LogP contribution in [0.2, 0.25) is 0 Å². The summed E-state index contributed by atoms with van der Waals surface area (Å²) in [6, 6.07) is 0.0701. The highest BCUT2D eigenvalue weighted by Crippen LogP contribution is 2.40. The summed E-state index contributed by atoms with van der Waals surface area (Å²) < 4.78 is 0. The van der Waals surface area contributed by atoms with Crippen LogP contribution in [0.25, 0.3) is 0 Å². The largest absolute Gasteiger partial charge is 0.354 e. The number of carbonyl (C=O) groups is 3. The number of carbonyl (C=O) groups excluding carboxylic acids is 3. The lowest BCUT2D eigenvalue weighted by molar-refractivity contribution is -0.132. The quantitative estimate of drug-likeness (QED) is 0.453. The van der Waals surface area contributed by atoms with Gasteiger partial charge >= 0.3 is 0 Å². The number of hydrogen-bond donors (Lipinski definition) is 3. The van der Waals surface area contributed by atoms with Gasteiger partial charge in [-0.05, 0) is 25.7 Å². The number of likely N-dealkylation sites (tertiary alicyclic amines) is 1. The molecular weight excluding hydrogens is 296 g/mol. The van der Waals surface area contributed by atoms with Gasteiger partial charge in [-0.3, -0.25) is 19.3 Å². The topological polar surface area (TPSA) is 105 Å². The fourth-order valence-electron chi connectivity index (χ4n) is 4.08. The van der Waals surface area contributed by atoms with Crippen molar-refractivity contribution < 1.29 is 14.4 Å². The highest BCUT2D eigenvalue weighted by Gasteiger charge is 2.42. The monoisotopic (exact) mass is 324 g/mol. The standard InChI is InChI=1S/C16H28N4O3/c17-11-14(22)18-7-9-20-8-4-13(19-15(23)12-21)10-16(20)5-2-1-3-6-16/h12-13H,1-11,17H2,(H,18,22)(H,19,23). The third-order valence-corrected chi connectivity index (χ3v) is 5.17. The molecule has 2 fully saturated rings. The molecule has 1 heterocycles. The van der Waals surface area contributed by atoms with Gasteiger partial charge in [0.15, 0.2) is 0 Å². The number of nitrogens with one attached hydrogen (secondary N) is 2. The highest BCUT2D eigenvalue weighted by atomic mass is 16.2. The molecule has 1 atom stereocenters. The van der Waals surface area contributed by atoms with Crippen LogP contribution in [0.15, 0.2) is 0 Å². The smallest absolute Gasteiger partial charge is 0.284 e. The molecule has 23 heavy (non-hydrogen) atoms. The van der Waals surface area contributed by atoms with Crippen LogP contribution in [0.4, 0.5) is 0 Å². The van der Waals surface area contributed by atoms with E-state index >= 15 is 0 Å². The molecule has 0 aromatic rings. The van der Waals surface area contributed by atoms with E-state index in [-0.39, 0.29) is 24.0 Å². The van der Waals surface area contributed by atoms with E-state index in [4.69, 9.17) is 5.73 Å². The summed E-state index contributed by atoms with van der Waals surface area (Å²) in [6.07, 6.45) is 7.95. The van der Waals surface area contributed by atoms with Crippen LogP contribution >= 0.6 is 0 Å². The molecule has 1 spiro atoms. The molecule has 0 bridgehead atoms. The van der Waals surface area contributed by atoms with Crippen molar-refractivity contribution in [3.05, 3.63) is 0 Å². The summed E-state index contributed by atoms with van der Waals surface area (Å²) in [5.41, 5.74) is 5.40. The third-order valence-electron chi connectivity index (χ3n) is 5.17. The number of aldehydes is 1. The Morgan fingerprint density at radius 1 is 1.26 bits per heavy atom. The van der Waals surface area contributed by atoms with Gasteiger partial charge in [0.1, 0.15) is 0 Å². The molecule has 1 aliphatic heterocycles. The Morgan fingerprint density at radius 2 is 2.00 bits per heavy atom. The van der Waals surface area contributed by atoms with E-state index in [9.17, 15) is 14.4 Å². The van der Waals surface area contributed by atoms with Gasteiger partial charge in [-0.1, -0.05) is 19.3 Å². The number of nitrogens with two attached hydrogens (primary N) is 1. The lowest BCUT2D eigenvalue weighted by Crippen LogP contribution is -2.60. The molecule has 4 N–H and O–H groups in total. The van der Waals surface area contributed by atoms with Gasteiger partial charge < -0.3 is 16.4 Å². The summed E-state index contributed by atoms with van der Waals surface area (Å²) in [5.74, 6) is -0.652. The molecule has 7 heteroatoms. The molecule has 2 amide bonds. The maximum atomic E-state index is 11.4. The Kier molecular flexibility index (Phi) is 6.53. The van der Waals surface area contributed by atoms with Crippen molar-refractivity contribution >= 4 is 18.1 Å². The first-order chi connectivity index (χ1) is 11.1. The number of piperidine rings is 1. The SMILES string of the molecule is NCC(=O)NCCN1CCC(NC(=O)C=O)CC12CCCCC2. The van der Waals surface area contributed by atoms with Gasteiger partial charge in [0.25, 0.3) is 5.91 Å². The molecule has 1 saturated heterocycles. The van der Waals surface area contributed by atoms with Crippen molar-refractivity contribution in [3.8, 4) is 0 Å². The zero-order valence-corrected chi connectivity index (χ0v) is 13.7. The Bertz CT molecular complexity index is 435. The predicted octanol–water partition coefficient (Wildman–Crippen LogP) is -0.456. The molecule has 2 aliphatic rings. The lowest BCUT2D eigenvalue weighted by atomic mass is 9.73. The predicted molar refractivity (Wildman–Crippen MR) is 86.7 cm³/mol. The number of rotatable bonds is 6. The van der Waals surface area contributed by atoms with Crippen LogP contribution in [0, 0.1) is 0 Å². The second-order valence-electron chi connectivity index (χ2n) is 6.64. The molecule has 0 radical (unpaired) electrons. The fourth-order valence-corrected chi connectivity index (χ4v) is 4.08. The minimum Gasteiger partial charge on any atom is -0.354 e. The maximum Gasteiger partial charge on any atom is 0.284 e. The maximum absolute atomic E-state index is 11.4. The highest BCUT2D eigenvalue weighted by molar-refractivity contribution is 6.23. The number of nitrogens with zero attached hydrogens (tertiary/aromatic N) is 1. The van der Waals surface area contributed by atoms with Crippen LogP contribution in [-0.4, -0.2) is 60.8 Å². The zero-order valence-electron chi connectivity index (χ0n) is 13.7. The Balaban J connectivity index is 1.96. The van der Waals surface area contributed by atoms with Crippen molar-refractivity contribution in [3.63, 3.8) is 0 Å². The van der Waals surface area contributed by atoms with E-state index in [1.807, 2.05) is 0 Å². The molecule has 1 aliphatic carbocycles. The summed E-state index contributed by atoms with van der Waals surface area (Å²) in [4.78, 5) is 35.7. The van der Waals surface area contributed by atoms with E-state index in [0.29, 0.717) is 12.8 Å². The van der Waals surface area contributed by atoms with Crippen molar-refractivity contribution in [2.75, 3.05) is 26.2 Å². The van der Waals surface area contributed by atoms with Crippen molar-refractivity contribution in [2.24, 2.45) is 5.73 Å². The first-order valence-electron chi connectivity index (χ1n) is 8.57. The second-order valence-corrected chi connectivity index (χ2v) is 6.64. The van der Waals surface area contributed by atoms with Gasteiger partial charge in [-0.15, -0.1) is 0 Å². The first kappa shape index (κ1) is 17.9. The summed E-state index contributed by atoms with van der Waals surface area (Å²) in [7, 11) is 0. The number of amides is 2. The lowest BCUT2D eigenvalue weighted by Gasteiger charge is -2.52.